The molecule has 186 valence electrons. The Morgan fingerprint density at radius 2 is 2.08 bits per heavy atom. The number of hydrogen-bond donors (Lipinski definition) is 1. The standard InChI is InChI=1S/C25H25N5O5S/c1-3-20-22(24(32)35-2)23(16-7-6-9-18(13-16)30(33)34)29-19(15-36-25(29)28-20)14-21(31)27-12-10-17-8-4-5-11-26-17/h4-9,11,13,15,23H,3,10,12,14H2,1-2H3,(H,27,31)/t23-/m1/s1. The number of carbonyl (C=O) groups excluding carboxylic acids is 2. The van der Waals surface area contributed by atoms with Crippen molar-refractivity contribution in [1.29, 1.82) is 0 Å². The monoisotopic (exact) mass is 507 g/mol. The number of aromatic nitrogens is 1. The molecule has 1 atom stereocenters. The summed E-state index contributed by atoms with van der Waals surface area (Å²) in [5.74, 6) is -0.760. The predicted molar refractivity (Wildman–Crippen MR) is 136 cm³/mol. The van der Waals surface area contributed by atoms with Gasteiger partial charge in [-0.1, -0.05) is 36.9 Å². The first kappa shape index (κ1) is 25.1. The summed E-state index contributed by atoms with van der Waals surface area (Å²) >= 11 is 1.35. The molecule has 0 bridgehead atoms. The third-order valence-electron chi connectivity index (χ3n) is 5.80. The molecule has 0 fully saturated rings. The molecule has 0 radical (unpaired) electrons. The third-order valence-corrected chi connectivity index (χ3v) is 6.69. The highest BCUT2D eigenvalue weighted by Crippen LogP contribution is 2.45. The van der Waals surface area contributed by atoms with Crippen LogP contribution in [-0.2, 0) is 20.7 Å². The number of ether oxygens (including phenoxy) is 1. The lowest BCUT2D eigenvalue weighted by Gasteiger charge is -2.36. The number of amidine groups is 1. The molecule has 0 spiro atoms. The number of benzene rings is 1. The van der Waals surface area contributed by atoms with Crippen LogP contribution < -0.4 is 5.32 Å². The van der Waals surface area contributed by atoms with E-state index in [9.17, 15) is 19.7 Å². The van der Waals surface area contributed by atoms with Gasteiger partial charge in [0.2, 0.25) is 5.91 Å². The van der Waals surface area contributed by atoms with Crippen LogP contribution in [-0.4, -0.2) is 45.5 Å². The number of amides is 1. The first-order valence-electron chi connectivity index (χ1n) is 11.4. The second kappa shape index (κ2) is 11.2. The van der Waals surface area contributed by atoms with Crippen molar-refractivity contribution < 1.29 is 19.2 Å². The van der Waals surface area contributed by atoms with E-state index in [1.165, 1.54) is 31.0 Å². The zero-order chi connectivity index (χ0) is 25.7. The summed E-state index contributed by atoms with van der Waals surface area (Å²) < 4.78 is 5.07. The number of non-ortho nitro benzene ring substituents is 1. The van der Waals surface area contributed by atoms with E-state index < -0.39 is 16.9 Å². The van der Waals surface area contributed by atoms with Crippen LogP contribution in [0.25, 0.3) is 0 Å². The summed E-state index contributed by atoms with van der Waals surface area (Å²) in [6.07, 6.45) is 2.83. The van der Waals surface area contributed by atoms with E-state index in [1.54, 1.807) is 23.2 Å². The fourth-order valence-electron chi connectivity index (χ4n) is 4.14. The molecule has 11 heteroatoms. The highest BCUT2D eigenvalue weighted by molar-refractivity contribution is 8.16. The Labute approximate surface area is 212 Å². The average Bonchev–Trinajstić information content (AvgIpc) is 3.29. The molecule has 0 saturated heterocycles. The minimum absolute atomic E-state index is 0.0512. The van der Waals surface area contributed by atoms with E-state index in [0.29, 0.717) is 47.1 Å². The zero-order valence-electron chi connectivity index (χ0n) is 19.8. The molecule has 2 aromatic rings. The number of hydrogen-bond acceptors (Lipinski definition) is 9. The molecule has 2 aliphatic heterocycles. The molecule has 1 aromatic carbocycles. The SMILES string of the molecule is CCC1=C(C(=O)OC)[C@@H](c2cccc([N+](=O)[O-])c2)N2C(CC(=O)NCCc3ccccn3)=CSC2=N1. The maximum absolute atomic E-state index is 12.9. The highest BCUT2D eigenvalue weighted by atomic mass is 32.2. The number of nitrogens with one attached hydrogen (secondary N) is 1. The van der Waals surface area contributed by atoms with E-state index in [4.69, 9.17) is 4.74 Å². The van der Waals surface area contributed by atoms with Crippen LogP contribution in [0.2, 0.25) is 0 Å². The Morgan fingerprint density at radius 3 is 2.78 bits per heavy atom. The molecular formula is C25H25N5O5S. The largest absolute Gasteiger partial charge is 0.466 e. The topological polar surface area (TPSA) is 127 Å². The van der Waals surface area contributed by atoms with E-state index in [0.717, 1.165) is 5.69 Å². The van der Waals surface area contributed by atoms with Crippen molar-refractivity contribution in [3.8, 4) is 0 Å². The van der Waals surface area contributed by atoms with Gasteiger partial charge in [-0.2, -0.15) is 0 Å². The number of allylic oxidation sites excluding steroid dienone is 1. The van der Waals surface area contributed by atoms with Crippen LogP contribution in [0.1, 0.15) is 37.1 Å². The Balaban J connectivity index is 1.61. The van der Waals surface area contributed by atoms with E-state index in [-0.39, 0.29) is 18.0 Å². The van der Waals surface area contributed by atoms with Crippen molar-refractivity contribution in [3.63, 3.8) is 0 Å². The van der Waals surface area contributed by atoms with Gasteiger partial charge in [-0.05, 0) is 29.5 Å². The Hall–Kier alpha value is -3.99. The fourth-order valence-corrected chi connectivity index (χ4v) is 5.08. The average molecular weight is 508 g/mol. The molecule has 2 aliphatic rings. The van der Waals surface area contributed by atoms with Crippen LogP contribution in [0.4, 0.5) is 5.69 Å². The van der Waals surface area contributed by atoms with Crippen molar-refractivity contribution in [2.75, 3.05) is 13.7 Å². The van der Waals surface area contributed by atoms with Crippen molar-refractivity contribution in [1.82, 2.24) is 15.2 Å². The van der Waals surface area contributed by atoms with Crippen molar-refractivity contribution in [3.05, 3.63) is 92.4 Å². The van der Waals surface area contributed by atoms with Gasteiger partial charge in [0.1, 0.15) is 0 Å². The minimum atomic E-state index is -0.720. The van der Waals surface area contributed by atoms with Crippen LogP contribution in [0.3, 0.4) is 0 Å². The summed E-state index contributed by atoms with van der Waals surface area (Å²) in [6.45, 7) is 2.31. The molecule has 1 N–H and O–H groups in total. The van der Waals surface area contributed by atoms with Gasteiger partial charge in [0.25, 0.3) is 5.69 Å². The molecule has 10 nitrogen and oxygen atoms in total. The molecule has 4 rings (SSSR count). The lowest BCUT2D eigenvalue weighted by atomic mass is 9.92. The summed E-state index contributed by atoms with van der Waals surface area (Å²) in [5, 5.41) is 16.8. The van der Waals surface area contributed by atoms with Gasteiger partial charge in [-0.25, -0.2) is 9.79 Å². The number of carbonyl (C=O) groups is 2. The quantitative estimate of drug-likeness (QED) is 0.308. The smallest absolute Gasteiger partial charge is 0.338 e. The van der Waals surface area contributed by atoms with Crippen LogP contribution in [0, 0.1) is 10.1 Å². The number of nitro groups is 1. The second-order valence-electron chi connectivity index (χ2n) is 8.05. The van der Waals surface area contributed by atoms with Gasteiger partial charge < -0.3 is 15.0 Å². The van der Waals surface area contributed by atoms with Gasteiger partial charge in [0.15, 0.2) is 5.17 Å². The number of esters is 1. The summed E-state index contributed by atoms with van der Waals surface area (Å²) in [7, 11) is 1.29. The zero-order valence-corrected chi connectivity index (χ0v) is 20.7. The molecule has 3 heterocycles. The van der Waals surface area contributed by atoms with E-state index in [1.807, 2.05) is 30.5 Å². The third kappa shape index (κ3) is 5.30. The van der Waals surface area contributed by atoms with Crippen molar-refractivity contribution in [2.45, 2.75) is 32.2 Å². The molecule has 36 heavy (non-hydrogen) atoms. The van der Waals surface area contributed by atoms with Gasteiger partial charge in [0.05, 0.1) is 35.8 Å². The number of rotatable bonds is 9. The van der Waals surface area contributed by atoms with Crippen LogP contribution >= 0.6 is 11.8 Å². The number of aliphatic imine (C=N–C) groups is 1. The first-order chi connectivity index (χ1) is 17.4. The molecule has 0 saturated carbocycles. The Bertz CT molecular complexity index is 1270. The summed E-state index contributed by atoms with van der Waals surface area (Å²) in [6, 6.07) is 11.1. The van der Waals surface area contributed by atoms with E-state index in [2.05, 4.69) is 15.3 Å². The number of thioether (sulfide) groups is 1. The first-order valence-corrected chi connectivity index (χ1v) is 12.3. The normalized spacial score (nSPS) is 16.7. The van der Waals surface area contributed by atoms with Gasteiger partial charge in [0, 0.05) is 42.7 Å². The maximum atomic E-state index is 12.9. The van der Waals surface area contributed by atoms with Crippen molar-refractivity contribution >= 4 is 34.5 Å². The van der Waals surface area contributed by atoms with Crippen LogP contribution in [0.15, 0.2) is 76.0 Å². The lowest BCUT2D eigenvalue weighted by Crippen LogP contribution is -2.38. The highest BCUT2D eigenvalue weighted by Gasteiger charge is 2.41. The van der Waals surface area contributed by atoms with Crippen LogP contribution in [0.5, 0.6) is 0 Å². The summed E-state index contributed by atoms with van der Waals surface area (Å²) in [4.78, 5) is 47.4. The van der Waals surface area contributed by atoms with Crippen molar-refractivity contribution in [2.24, 2.45) is 4.99 Å². The van der Waals surface area contributed by atoms with Gasteiger partial charge in [-0.15, -0.1) is 0 Å². The second-order valence-corrected chi connectivity index (χ2v) is 8.89. The van der Waals surface area contributed by atoms with Gasteiger partial charge in [-0.3, -0.25) is 19.9 Å². The number of nitrogens with zero attached hydrogens (tertiary/aromatic N) is 4. The molecule has 1 amide bonds. The molecule has 1 aromatic heterocycles. The number of nitro benzene ring substituents is 1. The van der Waals surface area contributed by atoms with E-state index >= 15 is 0 Å². The number of pyridine rings is 1. The molecule has 0 unspecified atom stereocenters. The maximum Gasteiger partial charge on any atom is 0.338 e. The minimum Gasteiger partial charge on any atom is -0.466 e. The predicted octanol–water partition coefficient (Wildman–Crippen LogP) is 3.88. The number of methoxy groups -OCH3 is 1. The number of fused-ring (bicyclic) bond motifs is 1. The fraction of sp³-hybridized carbons (Fsp3) is 0.280. The Morgan fingerprint density at radius 1 is 1.25 bits per heavy atom. The Kier molecular flexibility index (Phi) is 7.79. The van der Waals surface area contributed by atoms with Gasteiger partial charge >= 0.3 is 5.97 Å². The molecule has 0 aliphatic carbocycles. The molecular weight excluding hydrogens is 482 g/mol. The summed E-state index contributed by atoms with van der Waals surface area (Å²) in [5.41, 5.74) is 2.81. The lowest BCUT2D eigenvalue weighted by molar-refractivity contribution is -0.384.